The van der Waals surface area contributed by atoms with Gasteiger partial charge in [0.05, 0.1) is 11.9 Å². The summed E-state index contributed by atoms with van der Waals surface area (Å²) in [6.07, 6.45) is 1.63. The topological polar surface area (TPSA) is 76.8 Å². The zero-order valence-corrected chi connectivity index (χ0v) is 8.40. The first-order chi connectivity index (χ1) is 7.28. The van der Waals surface area contributed by atoms with E-state index in [0.717, 1.165) is 11.4 Å². The van der Waals surface area contributed by atoms with Gasteiger partial charge in [-0.15, -0.1) is 5.10 Å². The maximum Gasteiger partial charge on any atom is 0.238 e. The van der Waals surface area contributed by atoms with Gasteiger partial charge in [-0.1, -0.05) is 0 Å². The number of aromatic amines is 1. The van der Waals surface area contributed by atoms with Gasteiger partial charge < -0.3 is 10.5 Å². The molecule has 0 saturated heterocycles. The van der Waals surface area contributed by atoms with Crippen LogP contribution in [0.2, 0.25) is 0 Å². The number of nitrogens with one attached hydrogen (secondary N) is 1. The molecular formula is C10H12N4O. The SMILES string of the molecule is Cc1cc(Oc2ccc(CN)nc2)n[nH]1. The summed E-state index contributed by atoms with van der Waals surface area (Å²) < 4.78 is 5.45. The maximum atomic E-state index is 5.45. The Bertz CT molecular complexity index is 435. The number of pyridine rings is 1. The molecule has 5 heteroatoms. The summed E-state index contributed by atoms with van der Waals surface area (Å²) in [4.78, 5) is 4.11. The molecule has 0 saturated carbocycles. The van der Waals surface area contributed by atoms with E-state index in [9.17, 15) is 0 Å². The quantitative estimate of drug-likeness (QED) is 0.791. The van der Waals surface area contributed by atoms with Crippen LogP contribution in [0.3, 0.4) is 0 Å². The van der Waals surface area contributed by atoms with Crippen LogP contribution in [0.4, 0.5) is 0 Å². The van der Waals surface area contributed by atoms with Gasteiger partial charge in [0.1, 0.15) is 5.75 Å². The van der Waals surface area contributed by atoms with Gasteiger partial charge in [-0.05, 0) is 19.1 Å². The van der Waals surface area contributed by atoms with Gasteiger partial charge in [0, 0.05) is 18.3 Å². The lowest BCUT2D eigenvalue weighted by atomic mass is 10.3. The third-order valence-electron chi connectivity index (χ3n) is 1.91. The number of aromatic nitrogens is 3. The molecule has 5 nitrogen and oxygen atoms in total. The van der Waals surface area contributed by atoms with E-state index in [-0.39, 0.29) is 0 Å². The Morgan fingerprint density at radius 1 is 1.47 bits per heavy atom. The number of rotatable bonds is 3. The van der Waals surface area contributed by atoms with Gasteiger partial charge in [0.15, 0.2) is 0 Å². The summed E-state index contributed by atoms with van der Waals surface area (Å²) in [6.45, 7) is 2.34. The van der Waals surface area contributed by atoms with Crippen LogP contribution in [0.15, 0.2) is 24.4 Å². The van der Waals surface area contributed by atoms with Crippen LogP contribution >= 0.6 is 0 Å². The second-order valence-electron chi connectivity index (χ2n) is 3.18. The molecule has 0 aliphatic carbocycles. The minimum atomic E-state index is 0.432. The van der Waals surface area contributed by atoms with E-state index >= 15 is 0 Å². The third-order valence-corrected chi connectivity index (χ3v) is 1.91. The van der Waals surface area contributed by atoms with Crippen LogP contribution in [-0.2, 0) is 6.54 Å². The largest absolute Gasteiger partial charge is 0.436 e. The Morgan fingerprint density at radius 2 is 2.33 bits per heavy atom. The average molecular weight is 204 g/mol. The second kappa shape index (κ2) is 4.10. The van der Waals surface area contributed by atoms with E-state index < -0.39 is 0 Å². The zero-order valence-electron chi connectivity index (χ0n) is 8.40. The van der Waals surface area contributed by atoms with Crippen molar-refractivity contribution in [3.05, 3.63) is 35.8 Å². The van der Waals surface area contributed by atoms with Crippen LogP contribution < -0.4 is 10.5 Å². The maximum absolute atomic E-state index is 5.45. The van der Waals surface area contributed by atoms with Gasteiger partial charge in [0.2, 0.25) is 5.88 Å². The number of hydrogen-bond donors (Lipinski definition) is 2. The number of aryl methyl sites for hydroxylation is 1. The van der Waals surface area contributed by atoms with Crippen molar-refractivity contribution >= 4 is 0 Å². The van der Waals surface area contributed by atoms with Crippen LogP contribution in [0.25, 0.3) is 0 Å². The Balaban J connectivity index is 2.11. The fraction of sp³-hybridized carbons (Fsp3) is 0.200. The van der Waals surface area contributed by atoms with Crippen molar-refractivity contribution in [2.45, 2.75) is 13.5 Å². The van der Waals surface area contributed by atoms with Crippen molar-refractivity contribution in [1.29, 1.82) is 0 Å². The van der Waals surface area contributed by atoms with Crippen molar-refractivity contribution in [2.75, 3.05) is 0 Å². The van der Waals surface area contributed by atoms with Crippen LogP contribution in [0, 0.1) is 6.92 Å². The Hall–Kier alpha value is -1.88. The summed E-state index contributed by atoms with van der Waals surface area (Å²) in [5.41, 5.74) is 7.22. The molecular weight excluding hydrogens is 192 g/mol. The molecule has 15 heavy (non-hydrogen) atoms. The average Bonchev–Trinajstić information content (AvgIpc) is 2.65. The molecule has 0 fully saturated rings. The molecule has 0 aromatic carbocycles. The fourth-order valence-corrected chi connectivity index (χ4v) is 1.16. The van der Waals surface area contributed by atoms with E-state index in [4.69, 9.17) is 10.5 Å². The summed E-state index contributed by atoms with van der Waals surface area (Å²) in [7, 11) is 0. The zero-order chi connectivity index (χ0) is 10.7. The monoisotopic (exact) mass is 204 g/mol. The lowest BCUT2D eigenvalue weighted by molar-refractivity contribution is 0.459. The molecule has 0 radical (unpaired) electrons. The highest BCUT2D eigenvalue weighted by molar-refractivity contribution is 5.25. The highest BCUT2D eigenvalue weighted by Gasteiger charge is 2.01. The van der Waals surface area contributed by atoms with E-state index in [0.29, 0.717) is 18.2 Å². The van der Waals surface area contributed by atoms with Gasteiger partial charge in [0.25, 0.3) is 0 Å². The molecule has 78 valence electrons. The van der Waals surface area contributed by atoms with Crippen molar-refractivity contribution in [3.8, 4) is 11.6 Å². The molecule has 0 aliphatic heterocycles. The van der Waals surface area contributed by atoms with Gasteiger partial charge in [-0.2, -0.15) is 0 Å². The number of nitrogens with two attached hydrogens (primary N) is 1. The fourth-order valence-electron chi connectivity index (χ4n) is 1.16. The van der Waals surface area contributed by atoms with Gasteiger partial charge in [-0.3, -0.25) is 10.1 Å². The number of H-pyrrole nitrogens is 1. The Labute approximate surface area is 87.3 Å². The predicted octanol–water partition coefficient (Wildman–Crippen LogP) is 1.36. The van der Waals surface area contributed by atoms with E-state index in [1.807, 2.05) is 25.1 Å². The second-order valence-corrected chi connectivity index (χ2v) is 3.18. The summed E-state index contributed by atoms with van der Waals surface area (Å²) in [6, 6.07) is 5.46. The molecule has 0 bridgehead atoms. The standard InChI is InChI=1S/C10H12N4O/c1-7-4-10(14-13-7)15-9-3-2-8(5-11)12-6-9/h2-4,6H,5,11H2,1H3,(H,13,14). The minimum absolute atomic E-state index is 0.432. The molecule has 0 aliphatic rings. The molecule has 0 amide bonds. The molecule has 2 heterocycles. The minimum Gasteiger partial charge on any atom is -0.436 e. The Morgan fingerprint density at radius 3 is 2.87 bits per heavy atom. The summed E-state index contributed by atoms with van der Waals surface area (Å²) in [5, 5.41) is 6.75. The summed E-state index contributed by atoms with van der Waals surface area (Å²) in [5.74, 6) is 1.19. The molecule has 2 aromatic heterocycles. The first kappa shape index (κ1) is 9.67. The third kappa shape index (κ3) is 2.32. The van der Waals surface area contributed by atoms with Crippen molar-refractivity contribution in [2.24, 2.45) is 5.73 Å². The summed E-state index contributed by atoms with van der Waals surface area (Å²) >= 11 is 0. The van der Waals surface area contributed by atoms with E-state index in [2.05, 4.69) is 15.2 Å². The van der Waals surface area contributed by atoms with Gasteiger partial charge >= 0.3 is 0 Å². The van der Waals surface area contributed by atoms with Crippen LogP contribution in [0.1, 0.15) is 11.4 Å². The first-order valence-corrected chi connectivity index (χ1v) is 4.63. The smallest absolute Gasteiger partial charge is 0.238 e. The lowest BCUT2D eigenvalue weighted by Gasteiger charge is -2.01. The molecule has 0 unspecified atom stereocenters. The number of ether oxygens (including phenoxy) is 1. The van der Waals surface area contributed by atoms with Crippen LogP contribution in [0.5, 0.6) is 11.6 Å². The molecule has 2 rings (SSSR count). The highest BCUT2D eigenvalue weighted by Crippen LogP contribution is 2.18. The lowest BCUT2D eigenvalue weighted by Crippen LogP contribution is -1.98. The molecule has 0 spiro atoms. The molecule has 0 atom stereocenters. The molecule has 2 aromatic rings. The highest BCUT2D eigenvalue weighted by atomic mass is 16.5. The number of nitrogens with zero attached hydrogens (tertiary/aromatic N) is 2. The normalized spacial score (nSPS) is 10.3. The number of hydrogen-bond acceptors (Lipinski definition) is 4. The predicted molar refractivity (Wildman–Crippen MR) is 55.5 cm³/mol. The first-order valence-electron chi connectivity index (χ1n) is 4.63. The van der Waals surface area contributed by atoms with Crippen molar-refractivity contribution in [3.63, 3.8) is 0 Å². The van der Waals surface area contributed by atoms with E-state index in [1.165, 1.54) is 0 Å². The van der Waals surface area contributed by atoms with E-state index in [1.54, 1.807) is 6.20 Å². The van der Waals surface area contributed by atoms with Crippen molar-refractivity contribution in [1.82, 2.24) is 15.2 Å². The Kier molecular flexibility index (Phi) is 2.64. The molecule has 3 N–H and O–H groups in total. The van der Waals surface area contributed by atoms with Gasteiger partial charge in [-0.25, -0.2) is 0 Å². The van der Waals surface area contributed by atoms with Crippen LogP contribution in [-0.4, -0.2) is 15.2 Å². The van der Waals surface area contributed by atoms with Crippen molar-refractivity contribution < 1.29 is 4.74 Å².